The van der Waals surface area contributed by atoms with Crippen molar-refractivity contribution >= 4 is 15.9 Å². The van der Waals surface area contributed by atoms with Gasteiger partial charge in [0.05, 0.1) is 11.9 Å². The van der Waals surface area contributed by atoms with E-state index in [4.69, 9.17) is 4.74 Å². The Balaban J connectivity index is 2.43. The maximum atomic E-state index is 14.1. The molecule has 2 aromatic carbocycles. The number of methoxy groups -OCH3 is 1. The Kier molecular flexibility index (Phi) is 4.25. The van der Waals surface area contributed by atoms with Gasteiger partial charge in [-0.1, -0.05) is 45.8 Å². The van der Waals surface area contributed by atoms with E-state index in [1.165, 1.54) is 18.7 Å². The summed E-state index contributed by atoms with van der Waals surface area (Å²) in [6.45, 7) is 4.07. The fourth-order valence-corrected chi connectivity index (χ4v) is 2.91. The number of aryl methyl sites for hydroxylation is 2. The van der Waals surface area contributed by atoms with Crippen LogP contribution in [0.1, 0.15) is 27.1 Å². The Morgan fingerprint density at radius 2 is 1.79 bits per heavy atom. The molecule has 0 aliphatic carbocycles. The van der Waals surface area contributed by atoms with Gasteiger partial charge in [0, 0.05) is 11.6 Å². The number of benzene rings is 2. The minimum Gasteiger partial charge on any atom is -0.497 e. The molecule has 0 bridgehead atoms. The third-order valence-electron chi connectivity index (χ3n) is 3.19. The molecule has 0 radical (unpaired) electrons. The second kappa shape index (κ2) is 5.74. The number of hydrogen-bond donors (Lipinski definition) is 0. The zero-order valence-corrected chi connectivity index (χ0v) is 12.8. The molecule has 3 heteroatoms. The van der Waals surface area contributed by atoms with E-state index >= 15 is 0 Å². The molecule has 0 aromatic heterocycles. The summed E-state index contributed by atoms with van der Waals surface area (Å²) in [5, 5.41) is 0. The molecule has 100 valence electrons. The maximum absolute atomic E-state index is 14.1. The summed E-state index contributed by atoms with van der Waals surface area (Å²) >= 11 is 3.60. The fourth-order valence-electron chi connectivity index (χ4n) is 2.04. The second-order valence-electron chi connectivity index (χ2n) is 4.61. The van der Waals surface area contributed by atoms with Crippen molar-refractivity contribution in [3.63, 3.8) is 0 Å². The van der Waals surface area contributed by atoms with Gasteiger partial charge in [0.25, 0.3) is 0 Å². The van der Waals surface area contributed by atoms with Crippen LogP contribution in [-0.2, 0) is 0 Å². The Labute approximate surface area is 121 Å². The minimum absolute atomic E-state index is 0.154. The summed E-state index contributed by atoms with van der Waals surface area (Å²) in [6.07, 6.45) is 0. The van der Waals surface area contributed by atoms with Crippen molar-refractivity contribution < 1.29 is 9.13 Å². The fraction of sp³-hybridized carbons (Fsp3) is 0.250. The van der Waals surface area contributed by atoms with Crippen molar-refractivity contribution in [2.45, 2.75) is 18.7 Å². The third-order valence-corrected chi connectivity index (χ3v) is 4.17. The van der Waals surface area contributed by atoms with Crippen LogP contribution < -0.4 is 4.74 Å². The number of rotatable bonds is 3. The van der Waals surface area contributed by atoms with Gasteiger partial charge in [-0.25, -0.2) is 4.39 Å². The zero-order valence-electron chi connectivity index (χ0n) is 11.2. The van der Waals surface area contributed by atoms with Gasteiger partial charge in [0.2, 0.25) is 0 Å². The van der Waals surface area contributed by atoms with E-state index in [-0.39, 0.29) is 10.6 Å². The Morgan fingerprint density at radius 3 is 2.42 bits per heavy atom. The number of hydrogen-bond acceptors (Lipinski definition) is 1. The molecule has 0 aliphatic rings. The van der Waals surface area contributed by atoms with Crippen molar-refractivity contribution in [2.75, 3.05) is 7.11 Å². The predicted octanol–water partition coefficient (Wildman–Crippen LogP) is 4.94. The molecule has 0 amide bonds. The molecular formula is C16H16BrFO. The summed E-state index contributed by atoms with van der Waals surface area (Å²) in [5.74, 6) is 0.268. The number of ether oxygens (including phenoxy) is 1. The Hall–Kier alpha value is -1.35. The Bertz CT molecular complexity index is 595. The molecule has 19 heavy (non-hydrogen) atoms. The molecule has 1 unspecified atom stereocenters. The molecule has 0 N–H and O–H groups in total. The van der Waals surface area contributed by atoms with Crippen LogP contribution in [0.25, 0.3) is 0 Å². The van der Waals surface area contributed by atoms with E-state index in [9.17, 15) is 4.39 Å². The molecular weight excluding hydrogens is 307 g/mol. The summed E-state index contributed by atoms with van der Waals surface area (Å²) in [4.78, 5) is -0.154. The molecule has 1 atom stereocenters. The monoisotopic (exact) mass is 322 g/mol. The van der Waals surface area contributed by atoms with E-state index in [0.29, 0.717) is 11.3 Å². The van der Waals surface area contributed by atoms with Crippen molar-refractivity contribution in [1.29, 1.82) is 0 Å². The van der Waals surface area contributed by atoms with Crippen LogP contribution in [-0.4, -0.2) is 7.11 Å². The van der Waals surface area contributed by atoms with E-state index in [2.05, 4.69) is 34.1 Å². The van der Waals surface area contributed by atoms with Gasteiger partial charge in [-0.15, -0.1) is 0 Å². The van der Waals surface area contributed by atoms with Crippen LogP contribution in [0.5, 0.6) is 5.75 Å². The highest BCUT2D eigenvalue weighted by molar-refractivity contribution is 9.09. The van der Waals surface area contributed by atoms with E-state index in [1.54, 1.807) is 12.1 Å². The summed E-state index contributed by atoms with van der Waals surface area (Å²) in [6, 6.07) is 11.1. The van der Waals surface area contributed by atoms with Gasteiger partial charge in [0.1, 0.15) is 11.6 Å². The molecule has 0 spiro atoms. The first-order valence-corrected chi connectivity index (χ1v) is 6.99. The standard InChI is InChI=1S/C16H16BrFO/c1-10-4-5-11(2)14(8-10)16(17)13-7-6-12(19-3)9-15(13)18/h4-9,16H,1-3H3. The van der Waals surface area contributed by atoms with Gasteiger partial charge in [-0.3, -0.25) is 0 Å². The molecule has 2 rings (SSSR count). The quantitative estimate of drug-likeness (QED) is 0.727. The average molecular weight is 323 g/mol. The van der Waals surface area contributed by atoms with Crippen LogP contribution in [0, 0.1) is 19.7 Å². The van der Waals surface area contributed by atoms with Crippen molar-refractivity contribution in [2.24, 2.45) is 0 Å². The van der Waals surface area contributed by atoms with E-state index in [0.717, 1.165) is 11.1 Å². The minimum atomic E-state index is -0.262. The average Bonchev–Trinajstić information content (AvgIpc) is 2.40. The molecule has 0 fully saturated rings. The maximum Gasteiger partial charge on any atom is 0.131 e. The highest BCUT2D eigenvalue weighted by Crippen LogP contribution is 2.35. The third kappa shape index (κ3) is 2.98. The SMILES string of the molecule is COc1ccc(C(Br)c2cc(C)ccc2C)c(F)c1. The summed E-state index contributed by atoms with van der Waals surface area (Å²) < 4.78 is 19.1. The molecule has 0 saturated carbocycles. The lowest BCUT2D eigenvalue weighted by atomic mass is 9.98. The lowest BCUT2D eigenvalue weighted by Gasteiger charge is -2.15. The number of alkyl halides is 1. The summed E-state index contributed by atoms with van der Waals surface area (Å²) in [5.41, 5.74) is 4.01. The first kappa shape index (κ1) is 14.1. The highest BCUT2D eigenvalue weighted by atomic mass is 79.9. The lowest BCUT2D eigenvalue weighted by Crippen LogP contribution is -2.00. The largest absolute Gasteiger partial charge is 0.497 e. The number of halogens is 2. The molecule has 0 aliphatic heterocycles. The first-order valence-electron chi connectivity index (χ1n) is 6.07. The van der Waals surface area contributed by atoms with Crippen LogP contribution in [0.2, 0.25) is 0 Å². The molecule has 2 aromatic rings. The van der Waals surface area contributed by atoms with Crippen LogP contribution >= 0.6 is 15.9 Å². The Morgan fingerprint density at radius 1 is 1.05 bits per heavy atom. The second-order valence-corrected chi connectivity index (χ2v) is 5.53. The molecule has 1 nitrogen and oxygen atoms in total. The van der Waals surface area contributed by atoms with Crippen molar-refractivity contribution in [3.05, 3.63) is 64.5 Å². The lowest BCUT2D eigenvalue weighted by molar-refractivity contribution is 0.411. The predicted molar refractivity (Wildman–Crippen MR) is 79.6 cm³/mol. The smallest absolute Gasteiger partial charge is 0.131 e. The van der Waals surface area contributed by atoms with Gasteiger partial charge in [-0.2, -0.15) is 0 Å². The first-order chi connectivity index (χ1) is 9.02. The van der Waals surface area contributed by atoms with Crippen LogP contribution in [0.3, 0.4) is 0 Å². The van der Waals surface area contributed by atoms with Crippen LogP contribution in [0.4, 0.5) is 4.39 Å². The topological polar surface area (TPSA) is 9.23 Å². The molecule has 0 saturated heterocycles. The van der Waals surface area contributed by atoms with Gasteiger partial charge >= 0.3 is 0 Å². The van der Waals surface area contributed by atoms with E-state index < -0.39 is 0 Å². The van der Waals surface area contributed by atoms with Gasteiger partial charge in [-0.05, 0) is 31.0 Å². The van der Waals surface area contributed by atoms with Gasteiger partial charge < -0.3 is 4.74 Å². The highest BCUT2D eigenvalue weighted by Gasteiger charge is 2.17. The normalized spacial score (nSPS) is 12.3. The molecule has 0 heterocycles. The van der Waals surface area contributed by atoms with E-state index in [1.807, 2.05) is 13.8 Å². The van der Waals surface area contributed by atoms with Gasteiger partial charge in [0.15, 0.2) is 0 Å². The van der Waals surface area contributed by atoms with Crippen molar-refractivity contribution in [3.8, 4) is 5.75 Å². The van der Waals surface area contributed by atoms with Crippen LogP contribution in [0.15, 0.2) is 36.4 Å². The summed E-state index contributed by atoms with van der Waals surface area (Å²) in [7, 11) is 1.53. The van der Waals surface area contributed by atoms with Crippen molar-refractivity contribution in [1.82, 2.24) is 0 Å². The zero-order chi connectivity index (χ0) is 14.0.